The third-order valence-electron chi connectivity index (χ3n) is 1.56. The normalized spacial score (nSPS) is 11.9. The van der Waals surface area contributed by atoms with E-state index in [-0.39, 0.29) is 0 Å². The lowest BCUT2D eigenvalue weighted by Gasteiger charge is -2.04. The van der Waals surface area contributed by atoms with Crippen LogP contribution in [-0.4, -0.2) is 17.6 Å². The summed E-state index contributed by atoms with van der Waals surface area (Å²) in [4.78, 5) is 21.4. The Hall–Kier alpha value is -1.35. The molecule has 1 aromatic rings. The van der Waals surface area contributed by atoms with E-state index in [0.29, 0.717) is 11.3 Å². The molecule has 0 amide bonds. The van der Waals surface area contributed by atoms with Crippen LogP contribution in [0.25, 0.3) is 0 Å². The SMILES string of the molecule is C[C@@H](Cl)C(=O)Oc1ccc(C=O)cc1. The number of alkyl halides is 1. The average Bonchev–Trinajstić information content (AvgIpc) is 2.19. The van der Waals surface area contributed by atoms with Crippen molar-refractivity contribution < 1.29 is 14.3 Å². The smallest absolute Gasteiger partial charge is 0.329 e. The van der Waals surface area contributed by atoms with Crippen LogP contribution in [-0.2, 0) is 4.79 Å². The van der Waals surface area contributed by atoms with Gasteiger partial charge < -0.3 is 4.74 Å². The molecule has 14 heavy (non-hydrogen) atoms. The molecular formula is C10H9ClO3. The number of aldehydes is 1. The van der Waals surface area contributed by atoms with Crippen LogP contribution >= 0.6 is 11.6 Å². The van der Waals surface area contributed by atoms with Gasteiger partial charge in [0, 0.05) is 5.56 Å². The molecule has 0 saturated heterocycles. The van der Waals surface area contributed by atoms with Crippen LogP contribution in [0.5, 0.6) is 5.75 Å². The van der Waals surface area contributed by atoms with Gasteiger partial charge in [-0.25, -0.2) is 0 Å². The highest BCUT2D eigenvalue weighted by Crippen LogP contribution is 2.12. The van der Waals surface area contributed by atoms with Crippen LogP contribution in [0.4, 0.5) is 0 Å². The van der Waals surface area contributed by atoms with Crippen LogP contribution in [0.3, 0.4) is 0 Å². The van der Waals surface area contributed by atoms with Crippen molar-refractivity contribution in [2.75, 3.05) is 0 Å². The van der Waals surface area contributed by atoms with Crippen molar-refractivity contribution >= 4 is 23.9 Å². The summed E-state index contributed by atoms with van der Waals surface area (Å²) < 4.78 is 4.89. The van der Waals surface area contributed by atoms with Crippen molar-refractivity contribution in [3.05, 3.63) is 29.8 Å². The Morgan fingerprint density at radius 1 is 1.43 bits per heavy atom. The van der Waals surface area contributed by atoms with E-state index in [4.69, 9.17) is 16.3 Å². The zero-order chi connectivity index (χ0) is 10.6. The topological polar surface area (TPSA) is 43.4 Å². The van der Waals surface area contributed by atoms with Gasteiger partial charge in [-0.05, 0) is 31.2 Å². The van der Waals surface area contributed by atoms with Gasteiger partial charge in [0.05, 0.1) is 0 Å². The first kappa shape index (κ1) is 10.7. The number of ether oxygens (including phenoxy) is 1. The summed E-state index contributed by atoms with van der Waals surface area (Å²) in [5.41, 5.74) is 0.531. The summed E-state index contributed by atoms with van der Waals surface area (Å²) in [5.74, 6) is -0.126. The molecule has 0 aliphatic rings. The number of esters is 1. The summed E-state index contributed by atoms with van der Waals surface area (Å²) in [7, 11) is 0. The van der Waals surface area contributed by atoms with Crippen molar-refractivity contribution in [1.29, 1.82) is 0 Å². The van der Waals surface area contributed by atoms with Gasteiger partial charge in [0.1, 0.15) is 17.4 Å². The van der Waals surface area contributed by atoms with Gasteiger partial charge in [-0.15, -0.1) is 11.6 Å². The minimum atomic E-state index is -0.680. The second kappa shape index (κ2) is 4.77. The van der Waals surface area contributed by atoms with Gasteiger partial charge in [0.25, 0.3) is 0 Å². The first-order valence-electron chi connectivity index (χ1n) is 4.04. The summed E-state index contributed by atoms with van der Waals surface area (Å²) in [6.07, 6.45) is 0.718. The van der Waals surface area contributed by atoms with Gasteiger partial charge in [-0.2, -0.15) is 0 Å². The van der Waals surface area contributed by atoms with E-state index in [0.717, 1.165) is 6.29 Å². The quantitative estimate of drug-likeness (QED) is 0.333. The third-order valence-corrected chi connectivity index (χ3v) is 1.74. The third kappa shape index (κ3) is 2.85. The summed E-state index contributed by atoms with van der Waals surface area (Å²) in [6, 6.07) is 6.21. The molecule has 1 rings (SSSR count). The van der Waals surface area contributed by atoms with Gasteiger partial charge in [0.2, 0.25) is 0 Å². The van der Waals surface area contributed by atoms with Crippen molar-refractivity contribution in [2.24, 2.45) is 0 Å². The van der Waals surface area contributed by atoms with E-state index in [1.54, 1.807) is 24.3 Å². The van der Waals surface area contributed by atoms with Crippen molar-refractivity contribution in [2.45, 2.75) is 12.3 Å². The number of halogens is 1. The Morgan fingerprint density at radius 2 is 2.00 bits per heavy atom. The second-order valence-electron chi connectivity index (χ2n) is 2.72. The van der Waals surface area contributed by atoms with Crippen molar-refractivity contribution in [3.63, 3.8) is 0 Å². The second-order valence-corrected chi connectivity index (χ2v) is 3.38. The number of rotatable bonds is 3. The predicted molar refractivity (Wildman–Crippen MR) is 52.8 cm³/mol. The maximum atomic E-state index is 11.0. The molecule has 3 nitrogen and oxygen atoms in total. The van der Waals surface area contributed by atoms with E-state index in [2.05, 4.69) is 0 Å². The molecule has 0 aliphatic heterocycles. The highest BCUT2D eigenvalue weighted by atomic mass is 35.5. The number of carbonyl (C=O) groups is 2. The molecule has 0 saturated carbocycles. The van der Waals surface area contributed by atoms with Crippen LogP contribution in [0, 0.1) is 0 Å². The highest BCUT2D eigenvalue weighted by molar-refractivity contribution is 6.29. The molecule has 0 N–H and O–H groups in total. The molecule has 0 spiro atoms. The van der Waals surface area contributed by atoms with Gasteiger partial charge in [-0.1, -0.05) is 0 Å². The zero-order valence-corrected chi connectivity index (χ0v) is 8.32. The Kier molecular flexibility index (Phi) is 3.65. The first-order chi connectivity index (χ1) is 6.63. The molecule has 0 heterocycles. The van der Waals surface area contributed by atoms with E-state index in [9.17, 15) is 9.59 Å². The highest BCUT2D eigenvalue weighted by Gasteiger charge is 2.11. The molecule has 0 bridgehead atoms. The summed E-state index contributed by atoms with van der Waals surface area (Å²) in [5, 5.41) is -0.680. The summed E-state index contributed by atoms with van der Waals surface area (Å²) in [6.45, 7) is 1.53. The predicted octanol–water partition coefficient (Wildman–Crippen LogP) is 2.03. The molecule has 0 aliphatic carbocycles. The van der Waals surface area contributed by atoms with Crippen LogP contribution in [0.2, 0.25) is 0 Å². The van der Waals surface area contributed by atoms with Crippen molar-refractivity contribution in [3.8, 4) is 5.75 Å². The maximum Gasteiger partial charge on any atom is 0.329 e. The lowest BCUT2D eigenvalue weighted by atomic mass is 10.2. The number of hydrogen-bond acceptors (Lipinski definition) is 3. The lowest BCUT2D eigenvalue weighted by Crippen LogP contribution is -2.17. The molecule has 0 aromatic heterocycles. The number of hydrogen-bond donors (Lipinski definition) is 0. The lowest BCUT2D eigenvalue weighted by molar-refractivity contribution is -0.133. The zero-order valence-electron chi connectivity index (χ0n) is 7.57. The van der Waals surface area contributed by atoms with Crippen LogP contribution in [0.15, 0.2) is 24.3 Å². The van der Waals surface area contributed by atoms with Gasteiger partial charge in [-0.3, -0.25) is 9.59 Å². The molecule has 1 atom stereocenters. The average molecular weight is 213 g/mol. The Balaban J connectivity index is 2.69. The molecule has 1 aromatic carbocycles. The monoisotopic (exact) mass is 212 g/mol. The maximum absolute atomic E-state index is 11.0. The fourth-order valence-electron chi connectivity index (χ4n) is 0.812. The van der Waals surface area contributed by atoms with E-state index in [1.165, 1.54) is 6.92 Å². The van der Waals surface area contributed by atoms with Crippen molar-refractivity contribution in [1.82, 2.24) is 0 Å². The fourth-order valence-corrected chi connectivity index (χ4v) is 0.856. The number of carbonyl (C=O) groups excluding carboxylic acids is 2. The molecule has 0 fully saturated rings. The Labute approximate surface area is 86.6 Å². The van der Waals surface area contributed by atoms with E-state index < -0.39 is 11.3 Å². The minimum Gasteiger partial charge on any atom is -0.425 e. The molecule has 74 valence electrons. The van der Waals surface area contributed by atoms with Crippen LogP contribution < -0.4 is 4.74 Å². The largest absolute Gasteiger partial charge is 0.425 e. The molecule has 0 radical (unpaired) electrons. The van der Waals surface area contributed by atoms with Gasteiger partial charge in [0.15, 0.2) is 0 Å². The minimum absolute atomic E-state index is 0.383. The molecular weight excluding hydrogens is 204 g/mol. The Bertz CT molecular complexity index is 330. The standard InChI is InChI=1S/C10H9ClO3/c1-7(11)10(13)14-9-4-2-8(6-12)3-5-9/h2-7H,1H3/t7-/m1/s1. The first-order valence-corrected chi connectivity index (χ1v) is 4.48. The fraction of sp³-hybridized carbons (Fsp3) is 0.200. The molecule has 4 heteroatoms. The van der Waals surface area contributed by atoms with E-state index >= 15 is 0 Å². The van der Waals surface area contributed by atoms with E-state index in [1.807, 2.05) is 0 Å². The summed E-state index contributed by atoms with van der Waals surface area (Å²) >= 11 is 5.51. The number of benzene rings is 1. The Morgan fingerprint density at radius 3 is 2.43 bits per heavy atom. The molecule has 0 unspecified atom stereocenters. The van der Waals surface area contributed by atoms with Crippen LogP contribution in [0.1, 0.15) is 17.3 Å². The van der Waals surface area contributed by atoms with Gasteiger partial charge >= 0.3 is 5.97 Å².